The highest BCUT2D eigenvalue weighted by Gasteiger charge is 2.27. The molecule has 0 saturated heterocycles. The van der Waals surface area contributed by atoms with Crippen LogP contribution in [0, 0.1) is 0 Å². The number of benzene rings is 3. The number of para-hydroxylation sites is 1. The van der Waals surface area contributed by atoms with Crippen LogP contribution in [0.2, 0.25) is 0 Å². The second-order valence-electron chi connectivity index (χ2n) is 5.70. The molecular formula is C21H14N2O3S. The van der Waals surface area contributed by atoms with Gasteiger partial charge in [-0.15, -0.1) is 0 Å². The minimum Gasteiger partial charge on any atom is -0.538 e. The van der Waals surface area contributed by atoms with E-state index in [0.29, 0.717) is 16.8 Å². The monoisotopic (exact) mass is 374 g/mol. The van der Waals surface area contributed by atoms with Gasteiger partial charge < -0.3 is 9.63 Å². The largest absolute Gasteiger partial charge is 0.538 e. The second kappa shape index (κ2) is 7.47. The van der Waals surface area contributed by atoms with Crippen molar-refractivity contribution in [3.8, 4) is 11.6 Å². The smallest absolute Gasteiger partial charge is 0.302 e. The van der Waals surface area contributed by atoms with Gasteiger partial charge in [0.15, 0.2) is 11.7 Å². The molecule has 27 heavy (non-hydrogen) atoms. The van der Waals surface area contributed by atoms with Crippen LogP contribution in [-0.2, 0) is 0 Å². The number of ketones is 1. The lowest BCUT2D eigenvalue weighted by molar-refractivity contribution is -0.705. The highest BCUT2D eigenvalue weighted by Crippen LogP contribution is 2.31. The van der Waals surface area contributed by atoms with E-state index in [0.717, 1.165) is 4.90 Å². The third-order valence-electron chi connectivity index (χ3n) is 3.94. The average Bonchev–Trinajstić information content (AvgIpc) is 3.09. The molecule has 0 unspecified atom stereocenters. The van der Waals surface area contributed by atoms with E-state index in [4.69, 9.17) is 4.52 Å². The van der Waals surface area contributed by atoms with E-state index in [1.807, 2.05) is 48.5 Å². The van der Waals surface area contributed by atoms with Crippen molar-refractivity contribution in [2.24, 2.45) is 0 Å². The second-order valence-corrected chi connectivity index (χ2v) is 6.77. The van der Waals surface area contributed by atoms with E-state index in [1.54, 1.807) is 36.4 Å². The summed E-state index contributed by atoms with van der Waals surface area (Å²) in [6.07, 6.45) is 0. The molecule has 0 radical (unpaired) electrons. The Morgan fingerprint density at radius 1 is 0.889 bits per heavy atom. The summed E-state index contributed by atoms with van der Waals surface area (Å²) in [4.78, 5) is 13.8. The van der Waals surface area contributed by atoms with Gasteiger partial charge in [-0.3, -0.25) is 4.79 Å². The Bertz CT molecular complexity index is 1080. The van der Waals surface area contributed by atoms with Gasteiger partial charge in [0.2, 0.25) is 0 Å². The first-order chi connectivity index (χ1) is 13.2. The number of carbonyl (C=O) groups excluding carboxylic acids is 1. The van der Waals surface area contributed by atoms with E-state index in [1.165, 1.54) is 16.4 Å². The van der Waals surface area contributed by atoms with Crippen molar-refractivity contribution in [3.05, 3.63) is 96.1 Å². The van der Waals surface area contributed by atoms with Crippen LogP contribution in [0.1, 0.15) is 15.9 Å². The van der Waals surface area contributed by atoms with E-state index in [2.05, 4.69) is 5.27 Å². The van der Waals surface area contributed by atoms with Crippen molar-refractivity contribution in [3.63, 3.8) is 0 Å². The lowest BCUT2D eigenvalue weighted by atomic mass is 10.0. The molecule has 4 aromatic rings. The van der Waals surface area contributed by atoms with E-state index in [9.17, 15) is 9.90 Å². The van der Waals surface area contributed by atoms with Gasteiger partial charge in [-0.1, -0.05) is 60.7 Å². The van der Waals surface area contributed by atoms with Gasteiger partial charge in [-0.05, 0) is 34.6 Å². The maximum Gasteiger partial charge on any atom is 0.302 e. The Balaban J connectivity index is 1.79. The zero-order valence-electron chi connectivity index (χ0n) is 14.1. The maximum atomic E-state index is 13.0. The van der Waals surface area contributed by atoms with Gasteiger partial charge in [0.05, 0.1) is 10.8 Å². The van der Waals surface area contributed by atoms with Crippen LogP contribution in [-0.4, -0.2) is 11.1 Å². The topological polar surface area (TPSA) is 70.0 Å². The molecule has 3 aromatic carbocycles. The predicted octanol–water partition coefficient (Wildman–Crippen LogP) is 3.41. The quantitative estimate of drug-likeness (QED) is 0.395. The highest BCUT2D eigenvalue weighted by molar-refractivity contribution is 7.99. The van der Waals surface area contributed by atoms with E-state index < -0.39 is 5.95 Å². The molecule has 0 saturated carbocycles. The molecule has 1 aromatic heterocycles. The first kappa shape index (κ1) is 17.1. The predicted molar refractivity (Wildman–Crippen MR) is 97.9 cm³/mol. The normalized spacial score (nSPS) is 10.7. The summed E-state index contributed by atoms with van der Waals surface area (Å²) in [6, 6.07) is 25.5. The minimum atomic E-state index is -0.550. The summed E-state index contributed by atoms with van der Waals surface area (Å²) in [5.41, 5.74) is 1.50. The van der Waals surface area contributed by atoms with Crippen LogP contribution in [0.25, 0.3) is 5.69 Å². The van der Waals surface area contributed by atoms with Gasteiger partial charge in [-0.2, -0.15) is 0 Å². The summed E-state index contributed by atoms with van der Waals surface area (Å²) in [7, 11) is 0. The lowest BCUT2D eigenvalue weighted by Crippen LogP contribution is -2.36. The number of carbonyl (C=O) groups is 1. The standard InChI is InChI=1S/C21H14N2O3S/c24-19(15-9-3-1-4-10-15)17-13-7-8-14-18(17)23-20(21(25)26-22-23)27-16-11-5-2-6-12-16/h1-14H. The van der Waals surface area contributed by atoms with Gasteiger partial charge in [-0.25, -0.2) is 0 Å². The maximum absolute atomic E-state index is 13.0. The number of rotatable bonds is 5. The van der Waals surface area contributed by atoms with Crippen LogP contribution in [0.5, 0.6) is 5.95 Å². The molecule has 0 aliphatic rings. The molecule has 0 atom stereocenters. The molecule has 0 aliphatic carbocycles. The Kier molecular flexibility index (Phi) is 4.72. The summed E-state index contributed by atoms with van der Waals surface area (Å²) < 4.78 is 6.27. The fraction of sp³-hybridized carbons (Fsp3) is 0. The summed E-state index contributed by atoms with van der Waals surface area (Å²) in [6.45, 7) is 0. The van der Waals surface area contributed by atoms with Crippen molar-refractivity contribution in [2.75, 3.05) is 0 Å². The SMILES string of the molecule is O=C(c1ccccc1)c1ccccc1-[n+]1noc([O-])c1Sc1ccccc1. The molecular weight excluding hydrogens is 360 g/mol. The zero-order chi connectivity index (χ0) is 18.6. The van der Waals surface area contributed by atoms with Crippen LogP contribution in [0.15, 0.2) is 99.4 Å². The molecule has 0 amide bonds. The fourth-order valence-electron chi connectivity index (χ4n) is 2.67. The minimum absolute atomic E-state index is 0.148. The summed E-state index contributed by atoms with van der Waals surface area (Å²) in [5, 5.41) is 16.4. The number of aromatic nitrogens is 2. The molecule has 4 rings (SSSR count). The van der Waals surface area contributed by atoms with E-state index in [-0.39, 0.29) is 10.8 Å². The number of nitrogens with zero attached hydrogens (tertiary/aromatic N) is 2. The molecule has 5 nitrogen and oxygen atoms in total. The zero-order valence-corrected chi connectivity index (χ0v) is 14.9. The molecule has 0 N–H and O–H groups in total. The van der Waals surface area contributed by atoms with Gasteiger partial charge >= 0.3 is 5.03 Å². The van der Waals surface area contributed by atoms with Crippen LogP contribution in [0.4, 0.5) is 0 Å². The Morgan fingerprint density at radius 3 is 2.26 bits per heavy atom. The highest BCUT2D eigenvalue weighted by atomic mass is 32.2. The van der Waals surface area contributed by atoms with Crippen molar-refractivity contribution in [1.82, 2.24) is 5.27 Å². The number of hydrogen-bond acceptors (Lipinski definition) is 5. The van der Waals surface area contributed by atoms with Crippen LogP contribution in [0.3, 0.4) is 0 Å². The first-order valence-corrected chi connectivity index (χ1v) is 9.07. The fourth-order valence-corrected chi connectivity index (χ4v) is 3.53. The molecule has 1 heterocycles. The molecule has 132 valence electrons. The third-order valence-corrected chi connectivity index (χ3v) is 4.98. The first-order valence-electron chi connectivity index (χ1n) is 8.25. The molecule has 6 heteroatoms. The Hall–Kier alpha value is -3.38. The van der Waals surface area contributed by atoms with Gasteiger partial charge in [0, 0.05) is 16.5 Å². The molecule has 0 spiro atoms. The van der Waals surface area contributed by atoms with Crippen molar-refractivity contribution in [2.45, 2.75) is 9.92 Å². The Labute approximate surface area is 159 Å². The van der Waals surface area contributed by atoms with Crippen molar-refractivity contribution in [1.29, 1.82) is 0 Å². The molecule has 0 bridgehead atoms. The summed E-state index contributed by atoms with van der Waals surface area (Å²) >= 11 is 1.24. The lowest BCUT2D eigenvalue weighted by Gasteiger charge is -2.04. The van der Waals surface area contributed by atoms with E-state index >= 15 is 0 Å². The van der Waals surface area contributed by atoms with Crippen molar-refractivity contribution >= 4 is 17.5 Å². The summed E-state index contributed by atoms with van der Waals surface area (Å²) in [5.74, 6) is -0.698. The Morgan fingerprint density at radius 2 is 1.52 bits per heavy atom. The van der Waals surface area contributed by atoms with Crippen molar-refractivity contribution < 1.29 is 19.1 Å². The van der Waals surface area contributed by atoms with Gasteiger partial charge in [0.25, 0.3) is 5.69 Å². The van der Waals surface area contributed by atoms with Crippen LogP contribution < -0.4 is 9.79 Å². The average molecular weight is 374 g/mol. The molecule has 0 fully saturated rings. The molecule has 0 aliphatic heterocycles. The number of hydrogen-bond donors (Lipinski definition) is 0. The van der Waals surface area contributed by atoms with Gasteiger partial charge in [0.1, 0.15) is 0 Å². The van der Waals surface area contributed by atoms with Crippen LogP contribution >= 0.6 is 11.8 Å². The third kappa shape index (κ3) is 3.47.